The van der Waals surface area contributed by atoms with Crippen molar-refractivity contribution in [3.8, 4) is 5.75 Å². The molecular formula is C21H25N5O3S. The van der Waals surface area contributed by atoms with Crippen LogP contribution in [0, 0.1) is 13.8 Å². The third kappa shape index (κ3) is 5.03. The number of nitrogens with one attached hydrogen (secondary N) is 1. The third-order valence-electron chi connectivity index (χ3n) is 5.18. The van der Waals surface area contributed by atoms with Gasteiger partial charge in [-0.2, -0.15) is 0 Å². The van der Waals surface area contributed by atoms with E-state index in [1.165, 1.54) is 30.6 Å². The molecule has 0 bridgehead atoms. The van der Waals surface area contributed by atoms with Gasteiger partial charge in [-0.25, -0.2) is 0 Å². The van der Waals surface area contributed by atoms with Crippen molar-refractivity contribution in [2.45, 2.75) is 46.3 Å². The molecule has 1 aromatic carbocycles. The molecule has 1 aliphatic heterocycles. The van der Waals surface area contributed by atoms with Crippen molar-refractivity contribution in [3.05, 3.63) is 51.9 Å². The van der Waals surface area contributed by atoms with Gasteiger partial charge in [0.1, 0.15) is 23.1 Å². The highest BCUT2D eigenvalue weighted by Gasteiger charge is 2.15. The van der Waals surface area contributed by atoms with E-state index in [1.807, 2.05) is 13.8 Å². The molecule has 0 aliphatic carbocycles. The maximum absolute atomic E-state index is 12.5. The molecule has 4 rings (SSSR count). The summed E-state index contributed by atoms with van der Waals surface area (Å²) in [4.78, 5) is 14.9. The number of piperidine rings is 1. The van der Waals surface area contributed by atoms with E-state index in [0.29, 0.717) is 23.1 Å². The van der Waals surface area contributed by atoms with Gasteiger partial charge >= 0.3 is 0 Å². The average Bonchev–Trinajstić information content (AvgIpc) is 3.33. The molecule has 0 unspecified atom stereocenters. The first-order valence-electron chi connectivity index (χ1n) is 10.1. The number of aromatic nitrogens is 3. The summed E-state index contributed by atoms with van der Waals surface area (Å²) in [6, 6.07) is 7.01. The standard InChI is InChI=1S/C21H25N5O3S/c1-14-18(15(2)29-25-14)13-28-17-8-6-16(7-9-17)20(27)22-21-24-23-19(30-21)12-26-10-4-3-5-11-26/h6-9H,3-5,10-13H2,1-2H3,(H,22,24,27). The molecule has 8 nitrogen and oxygen atoms in total. The summed E-state index contributed by atoms with van der Waals surface area (Å²) in [6.07, 6.45) is 3.78. The van der Waals surface area contributed by atoms with E-state index in [-0.39, 0.29) is 5.91 Å². The minimum absolute atomic E-state index is 0.215. The fourth-order valence-corrected chi connectivity index (χ4v) is 4.19. The Morgan fingerprint density at radius 2 is 1.93 bits per heavy atom. The maximum atomic E-state index is 12.5. The minimum Gasteiger partial charge on any atom is -0.489 e. The molecule has 2 aromatic heterocycles. The number of hydrogen-bond acceptors (Lipinski definition) is 8. The van der Waals surface area contributed by atoms with Gasteiger partial charge in [-0.15, -0.1) is 10.2 Å². The maximum Gasteiger partial charge on any atom is 0.257 e. The van der Waals surface area contributed by atoms with Crippen LogP contribution in [0.25, 0.3) is 0 Å². The molecular weight excluding hydrogens is 402 g/mol. The SMILES string of the molecule is Cc1noc(C)c1COc1ccc(C(=O)Nc2nnc(CN3CCCCC3)s2)cc1. The molecule has 1 aliphatic rings. The van der Waals surface area contributed by atoms with E-state index >= 15 is 0 Å². The van der Waals surface area contributed by atoms with Crippen LogP contribution in [-0.2, 0) is 13.2 Å². The number of ether oxygens (including phenoxy) is 1. The Kier molecular flexibility index (Phi) is 6.39. The van der Waals surface area contributed by atoms with Crippen molar-refractivity contribution in [1.29, 1.82) is 0 Å². The second-order valence-electron chi connectivity index (χ2n) is 7.41. The van der Waals surface area contributed by atoms with Gasteiger partial charge in [0.2, 0.25) is 5.13 Å². The van der Waals surface area contributed by atoms with Crippen LogP contribution < -0.4 is 10.1 Å². The van der Waals surface area contributed by atoms with Crippen molar-refractivity contribution < 1.29 is 14.1 Å². The van der Waals surface area contributed by atoms with E-state index in [4.69, 9.17) is 9.26 Å². The number of aryl methyl sites for hydroxylation is 2. The van der Waals surface area contributed by atoms with Gasteiger partial charge in [-0.3, -0.25) is 15.0 Å². The lowest BCUT2D eigenvalue weighted by Crippen LogP contribution is -2.28. The van der Waals surface area contributed by atoms with Crippen molar-refractivity contribution >= 4 is 22.4 Å². The van der Waals surface area contributed by atoms with E-state index < -0.39 is 0 Å². The summed E-state index contributed by atoms with van der Waals surface area (Å²) in [5.41, 5.74) is 2.29. The van der Waals surface area contributed by atoms with Gasteiger partial charge in [0.05, 0.1) is 17.8 Å². The lowest BCUT2D eigenvalue weighted by atomic mass is 10.1. The van der Waals surface area contributed by atoms with Crippen LogP contribution in [0.2, 0.25) is 0 Å². The Hall–Kier alpha value is -2.78. The van der Waals surface area contributed by atoms with E-state index in [1.54, 1.807) is 24.3 Å². The molecule has 0 spiro atoms. The molecule has 1 amide bonds. The number of amides is 1. The van der Waals surface area contributed by atoms with Gasteiger partial charge in [0, 0.05) is 5.56 Å². The van der Waals surface area contributed by atoms with Gasteiger partial charge in [0.15, 0.2) is 0 Å². The second-order valence-corrected chi connectivity index (χ2v) is 8.47. The molecule has 0 radical (unpaired) electrons. The summed E-state index contributed by atoms with van der Waals surface area (Å²) in [7, 11) is 0. The molecule has 1 N–H and O–H groups in total. The monoisotopic (exact) mass is 427 g/mol. The van der Waals surface area contributed by atoms with E-state index in [0.717, 1.165) is 41.7 Å². The smallest absolute Gasteiger partial charge is 0.257 e. The first-order chi connectivity index (χ1) is 14.6. The fraction of sp³-hybridized carbons (Fsp3) is 0.429. The molecule has 158 valence electrons. The summed E-state index contributed by atoms with van der Waals surface area (Å²) in [6.45, 7) is 7.12. The largest absolute Gasteiger partial charge is 0.489 e. The summed E-state index contributed by atoms with van der Waals surface area (Å²) < 4.78 is 10.9. The zero-order valence-corrected chi connectivity index (χ0v) is 18.0. The Morgan fingerprint density at radius 3 is 2.63 bits per heavy atom. The van der Waals surface area contributed by atoms with Crippen LogP contribution >= 0.6 is 11.3 Å². The van der Waals surface area contributed by atoms with Crippen LogP contribution in [0.15, 0.2) is 28.8 Å². The van der Waals surface area contributed by atoms with Crippen LogP contribution in [0.5, 0.6) is 5.75 Å². The number of hydrogen-bond donors (Lipinski definition) is 1. The average molecular weight is 428 g/mol. The molecule has 0 saturated carbocycles. The predicted molar refractivity (Wildman–Crippen MR) is 114 cm³/mol. The molecule has 0 atom stereocenters. The Bertz CT molecular complexity index is 973. The van der Waals surface area contributed by atoms with Gasteiger partial charge in [-0.05, 0) is 64.0 Å². The molecule has 3 heterocycles. The molecule has 9 heteroatoms. The highest BCUT2D eigenvalue weighted by Crippen LogP contribution is 2.21. The van der Waals surface area contributed by atoms with Crippen molar-refractivity contribution in [2.75, 3.05) is 18.4 Å². The van der Waals surface area contributed by atoms with Crippen LogP contribution in [0.1, 0.15) is 51.6 Å². The topological polar surface area (TPSA) is 93.4 Å². The zero-order valence-electron chi connectivity index (χ0n) is 17.2. The summed E-state index contributed by atoms with van der Waals surface area (Å²) in [5, 5.41) is 16.5. The Morgan fingerprint density at radius 1 is 1.17 bits per heavy atom. The summed E-state index contributed by atoms with van der Waals surface area (Å²) >= 11 is 1.43. The predicted octanol–water partition coefficient (Wildman–Crippen LogP) is 3.96. The lowest BCUT2D eigenvalue weighted by molar-refractivity contribution is 0.102. The highest BCUT2D eigenvalue weighted by molar-refractivity contribution is 7.15. The van der Waals surface area contributed by atoms with Gasteiger partial charge in [-0.1, -0.05) is 22.9 Å². The first kappa shape index (κ1) is 20.5. The first-order valence-corrected chi connectivity index (χ1v) is 10.9. The third-order valence-corrected chi connectivity index (χ3v) is 6.00. The molecule has 30 heavy (non-hydrogen) atoms. The summed E-state index contributed by atoms with van der Waals surface area (Å²) in [5.74, 6) is 1.21. The Balaban J connectivity index is 1.30. The molecule has 3 aromatic rings. The minimum atomic E-state index is -0.215. The normalized spacial score (nSPS) is 14.6. The Labute approximate surface area is 179 Å². The van der Waals surface area contributed by atoms with Crippen molar-refractivity contribution in [2.24, 2.45) is 0 Å². The van der Waals surface area contributed by atoms with Gasteiger partial charge in [0.25, 0.3) is 5.91 Å². The molecule has 1 saturated heterocycles. The number of likely N-dealkylation sites (tertiary alicyclic amines) is 1. The number of rotatable bonds is 7. The second kappa shape index (κ2) is 9.36. The van der Waals surface area contributed by atoms with Crippen molar-refractivity contribution in [3.63, 3.8) is 0 Å². The number of carbonyl (C=O) groups is 1. The zero-order chi connectivity index (χ0) is 20.9. The lowest BCUT2D eigenvalue weighted by Gasteiger charge is -2.24. The number of anilines is 1. The van der Waals surface area contributed by atoms with Crippen LogP contribution in [0.4, 0.5) is 5.13 Å². The number of benzene rings is 1. The quantitative estimate of drug-likeness (QED) is 0.610. The van der Waals surface area contributed by atoms with Crippen molar-refractivity contribution in [1.82, 2.24) is 20.3 Å². The number of nitrogens with zero attached hydrogens (tertiary/aromatic N) is 4. The highest BCUT2D eigenvalue weighted by atomic mass is 32.1. The van der Waals surface area contributed by atoms with Gasteiger partial charge < -0.3 is 9.26 Å². The van der Waals surface area contributed by atoms with Crippen LogP contribution in [0.3, 0.4) is 0 Å². The van der Waals surface area contributed by atoms with Crippen LogP contribution in [-0.4, -0.2) is 39.3 Å². The fourth-order valence-electron chi connectivity index (χ4n) is 3.41. The number of carbonyl (C=O) groups excluding carboxylic acids is 1. The molecule has 1 fully saturated rings. The van der Waals surface area contributed by atoms with E-state index in [9.17, 15) is 4.79 Å². The van der Waals surface area contributed by atoms with E-state index in [2.05, 4.69) is 25.6 Å².